The van der Waals surface area contributed by atoms with Crippen molar-refractivity contribution >= 4 is 5.91 Å². The van der Waals surface area contributed by atoms with Gasteiger partial charge in [0.15, 0.2) is 0 Å². The Bertz CT molecular complexity index is 305. The number of nitrogens with one attached hydrogen (secondary N) is 1. The van der Waals surface area contributed by atoms with E-state index in [1.807, 2.05) is 0 Å². The van der Waals surface area contributed by atoms with Gasteiger partial charge < -0.3 is 10.2 Å². The molecule has 1 saturated heterocycles. The fourth-order valence-corrected chi connectivity index (χ4v) is 3.88. The van der Waals surface area contributed by atoms with Crippen molar-refractivity contribution in [3.8, 4) is 0 Å². The lowest BCUT2D eigenvalue weighted by Crippen LogP contribution is -2.57. The van der Waals surface area contributed by atoms with Crippen LogP contribution in [0.1, 0.15) is 52.9 Å². The third-order valence-corrected chi connectivity index (χ3v) is 4.67. The first-order valence-electron chi connectivity index (χ1n) is 8.38. The molecule has 0 aromatic heterocycles. The van der Waals surface area contributed by atoms with E-state index in [1.165, 1.54) is 32.1 Å². The molecule has 0 aromatic rings. The second kappa shape index (κ2) is 7.41. The summed E-state index contributed by atoms with van der Waals surface area (Å²) in [5.41, 5.74) is 0. The first-order chi connectivity index (χ1) is 9.60. The fourth-order valence-electron chi connectivity index (χ4n) is 3.88. The molecule has 2 fully saturated rings. The van der Waals surface area contributed by atoms with Gasteiger partial charge in [0.1, 0.15) is 0 Å². The average Bonchev–Trinajstić information content (AvgIpc) is 2.39. The topological polar surface area (TPSA) is 35.6 Å². The van der Waals surface area contributed by atoms with E-state index in [9.17, 15) is 4.79 Å². The number of likely N-dealkylation sites (N-methyl/N-ethyl adjacent to an activating group) is 1. The molecule has 1 heterocycles. The van der Waals surface area contributed by atoms with Gasteiger partial charge in [-0.2, -0.15) is 0 Å². The minimum absolute atomic E-state index is 0.334. The van der Waals surface area contributed by atoms with Crippen LogP contribution in [-0.2, 0) is 4.79 Å². The molecule has 0 radical (unpaired) electrons. The second-order valence-corrected chi connectivity index (χ2v) is 6.63. The van der Waals surface area contributed by atoms with Crippen molar-refractivity contribution in [2.75, 3.05) is 26.2 Å². The Hall–Kier alpha value is -0.610. The van der Waals surface area contributed by atoms with Crippen LogP contribution < -0.4 is 5.32 Å². The van der Waals surface area contributed by atoms with E-state index >= 15 is 0 Å². The van der Waals surface area contributed by atoms with Crippen LogP contribution in [0.3, 0.4) is 0 Å². The zero-order valence-corrected chi connectivity index (χ0v) is 13.4. The summed E-state index contributed by atoms with van der Waals surface area (Å²) < 4.78 is 0. The van der Waals surface area contributed by atoms with Crippen LogP contribution in [0.15, 0.2) is 0 Å². The van der Waals surface area contributed by atoms with Gasteiger partial charge in [-0.15, -0.1) is 0 Å². The van der Waals surface area contributed by atoms with E-state index < -0.39 is 0 Å². The highest BCUT2D eigenvalue weighted by atomic mass is 16.2. The van der Waals surface area contributed by atoms with E-state index in [1.54, 1.807) is 0 Å². The first kappa shape index (κ1) is 15.8. The Morgan fingerprint density at radius 2 is 1.75 bits per heavy atom. The number of rotatable bonds is 4. The van der Waals surface area contributed by atoms with Gasteiger partial charge in [-0.25, -0.2) is 0 Å². The Kier molecular flexibility index (Phi) is 5.85. The molecule has 0 aromatic carbocycles. The fraction of sp³-hybridized carbons (Fsp3) is 0.938. The minimum atomic E-state index is 0.334. The SMILES string of the molecule is CCN(C(=O)CN1CC(C)NC(C)C1)C1CCCCC1. The lowest BCUT2D eigenvalue weighted by Gasteiger charge is -2.38. The van der Waals surface area contributed by atoms with Crippen LogP contribution in [0.4, 0.5) is 0 Å². The molecule has 4 nitrogen and oxygen atoms in total. The summed E-state index contributed by atoms with van der Waals surface area (Å²) in [4.78, 5) is 17.1. The quantitative estimate of drug-likeness (QED) is 0.854. The van der Waals surface area contributed by atoms with E-state index in [4.69, 9.17) is 0 Å². The smallest absolute Gasteiger partial charge is 0.236 e. The normalized spacial score (nSPS) is 29.4. The summed E-state index contributed by atoms with van der Waals surface area (Å²) in [7, 11) is 0. The van der Waals surface area contributed by atoms with Crippen LogP contribution in [0.25, 0.3) is 0 Å². The molecule has 116 valence electrons. The predicted octanol–water partition coefficient (Wildman–Crippen LogP) is 1.85. The molecule has 4 heteroatoms. The number of amides is 1. The zero-order chi connectivity index (χ0) is 14.5. The van der Waals surface area contributed by atoms with Gasteiger partial charge in [-0.3, -0.25) is 9.69 Å². The predicted molar refractivity (Wildman–Crippen MR) is 82.8 cm³/mol. The maximum Gasteiger partial charge on any atom is 0.236 e. The molecule has 1 N–H and O–H groups in total. The van der Waals surface area contributed by atoms with E-state index in [-0.39, 0.29) is 0 Å². The summed E-state index contributed by atoms with van der Waals surface area (Å²) in [5.74, 6) is 0.334. The van der Waals surface area contributed by atoms with Crippen molar-refractivity contribution in [3.05, 3.63) is 0 Å². The molecular formula is C16H31N3O. The van der Waals surface area contributed by atoms with Crippen molar-refractivity contribution in [1.82, 2.24) is 15.1 Å². The second-order valence-electron chi connectivity index (χ2n) is 6.63. The lowest BCUT2D eigenvalue weighted by atomic mass is 9.94. The van der Waals surface area contributed by atoms with Gasteiger partial charge in [-0.05, 0) is 33.6 Å². The Morgan fingerprint density at radius 1 is 1.15 bits per heavy atom. The molecule has 20 heavy (non-hydrogen) atoms. The summed E-state index contributed by atoms with van der Waals surface area (Å²) in [6.07, 6.45) is 6.32. The van der Waals surface area contributed by atoms with Crippen LogP contribution >= 0.6 is 0 Å². The van der Waals surface area contributed by atoms with Crippen molar-refractivity contribution in [2.24, 2.45) is 0 Å². The lowest BCUT2D eigenvalue weighted by molar-refractivity contribution is -0.135. The number of carbonyl (C=O) groups is 1. The summed E-state index contributed by atoms with van der Waals surface area (Å²) >= 11 is 0. The summed E-state index contributed by atoms with van der Waals surface area (Å²) in [5, 5.41) is 3.52. The standard InChI is InChI=1S/C16H31N3O/c1-4-19(15-8-6-5-7-9-15)16(20)12-18-10-13(2)17-14(3)11-18/h13-15,17H,4-12H2,1-3H3. The van der Waals surface area contributed by atoms with Crippen molar-refractivity contribution < 1.29 is 4.79 Å². The molecule has 2 rings (SSSR count). The van der Waals surface area contributed by atoms with Gasteiger partial charge in [0.25, 0.3) is 0 Å². The van der Waals surface area contributed by atoms with Crippen LogP contribution in [0, 0.1) is 0 Å². The van der Waals surface area contributed by atoms with Crippen LogP contribution in [0.5, 0.6) is 0 Å². The van der Waals surface area contributed by atoms with Crippen LogP contribution in [-0.4, -0.2) is 60.0 Å². The van der Waals surface area contributed by atoms with Gasteiger partial charge in [0, 0.05) is 37.8 Å². The highest BCUT2D eigenvalue weighted by molar-refractivity contribution is 5.78. The van der Waals surface area contributed by atoms with Gasteiger partial charge >= 0.3 is 0 Å². The number of hydrogen-bond acceptors (Lipinski definition) is 3. The Morgan fingerprint density at radius 3 is 2.30 bits per heavy atom. The van der Waals surface area contributed by atoms with Gasteiger partial charge in [0.05, 0.1) is 6.54 Å². The molecule has 0 bridgehead atoms. The average molecular weight is 281 g/mol. The minimum Gasteiger partial charge on any atom is -0.339 e. The van der Waals surface area contributed by atoms with Crippen molar-refractivity contribution in [3.63, 3.8) is 0 Å². The van der Waals surface area contributed by atoms with E-state index in [0.29, 0.717) is 30.6 Å². The number of piperazine rings is 1. The Balaban J connectivity index is 1.88. The molecule has 2 aliphatic rings. The molecule has 0 spiro atoms. The van der Waals surface area contributed by atoms with E-state index in [2.05, 4.69) is 35.9 Å². The van der Waals surface area contributed by atoms with Gasteiger partial charge in [-0.1, -0.05) is 19.3 Å². The van der Waals surface area contributed by atoms with Gasteiger partial charge in [0.2, 0.25) is 5.91 Å². The maximum atomic E-state index is 12.6. The van der Waals surface area contributed by atoms with Crippen molar-refractivity contribution in [2.45, 2.75) is 71.0 Å². The molecule has 1 amide bonds. The van der Waals surface area contributed by atoms with Crippen LogP contribution in [0.2, 0.25) is 0 Å². The molecule has 2 unspecified atom stereocenters. The zero-order valence-electron chi connectivity index (χ0n) is 13.4. The number of hydrogen-bond donors (Lipinski definition) is 1. The molecular weight excluding hydrogens is 250 g/mol. The molecule has 1 saturated carbocycles. The molecule has 1 aliphatic heterocycles. The summed E-state index contributed by atoms with van der Waals surface area (Å²) in [6.45, 7) is 9.95. The highest BCUT2D eigenvalue weighted by Crippen LogP contribution is 2.22. The molecule has 1 aliphatic carbocycles. The third kappa shape index (κ3) is 4.19. The number of carbonyl (C=O) groups excluding carboxylic acids is 1. The number of nitrogens with zero attached hydrogens (tertiary/aromatic N) is 2. The third-order valence-electron chi connectivity index (χ3n) is 4.67. The molecule has 2 atom stereocenters. The maximum absolute atomic E-state index is 12.6. The highest BCUT2D eigenvalue weighted by Gasteiger charge is 2.27. The monoisotopic (exact) mass is 281 g/mol. The van der Waals surface area contributed by atoms with Crippen molar-refractivity contribution in [1.29, 1.82) is 0 Å². The van der Waals surface area contributed by atoms with E-state index in [0.717, 1.165) is 19.6 Å². The summed E-state index contributed by atoms with van der Waals surface area (Å²) in [6, 6.07) is 1.46. The Labute approximate surface area is 123 Å². The largest absolute Gasteiger partial charge is 0.339 e. The first-order valence-corrected chi connectivity index (χ1v) is 8.38.